The third kappa shape index (κ3) is 8.57. The maximum atomic E-state index is 13.8. The Morgan fingerprint density at radius 1 is 0.750 bits per heavy atom. The topological polar surface area (TPSA) is 63.6 Å². The quantitative estimate of drug-likeness (QED) is 0.152. The van der Waals surface area contributed by atoms with E-state index in [2.05, 4.69) is 6.92 Å². The van der Waals surface area contributed by atoms with Crippen molar-refractivity contribution in [3.8, 4) is 5.75 Å². The summed E-state index contributed by atoms with van der Waals surface area (Å²) in [5.74, 6) is -9.74. The Hall–Kier alpha value is -0.350. The number of hydrogen-bond acceptors (Lipinski definition) is 3. The van der Waals surface area contributed by atoms with Gasteiger partial charge in [-0.05, 0) is 6.42 Å². The fraction of sp³-hybridized carbons (Fsp3) is 0.667. The van der Waals surface area contributed by atoms with Crippen LogP contribution in [-0.2, 0) is 10.1 Å². The van der Waals surface area contributed by atoms with Gasteiger partial charge in [0.15, 0.2) is 22.3 Å². The van der Waals surface area contributed by atoms with Crippen molar-refractivity contribution in [2.24, 2.45) is 0 Å². The van der Waals surface area contributed by atoms with Crippen molar-refractivity contribution in [2.45, 2.75) is 76.0 Å². The molecular weight excluding hydrogens is 411 g/mol. The molecule has 0 fully saturated rings. The average Bonchev–Trinajstić information content (AvgIpc) is 2.59. The number of halogens is 4. The summed E-state index contributed by atoms with van der Waals surface area (Å²) in [6.45, 7) is 1.99. The number of unbranched alkanes of at least 4 members (excludes halogenated alkanes) is 9. The van der Waals surface area contributed by atoms with Gasteiger partial charge < -0.3 is 4.74 Å². The predicted molar refractivity (Wildman–Crippen MR) is 101 cm³/mol. The molecule has 0 aliphatic carbocycles. The minimum atomic E-state index is -5.46. The molecular formula is C18H27F4NaO4S. The number of rotatable bonds is 13. The van der Waals surface area contributed by atoms with Crippen LogP contribution >= 0.6 is 0 Å². The van der Waals surface area contributed by atoms with Crippen LogP contribution in [0.25, 0.3) is 0 Å². The molecule has 0 saturated carbocycles. The van der Waals surface area contributed by atoms with Gasteiger partial charge >= 0.3 is 39.7 Å². The monoisotopic (exact) mass is 438 g/mol. The van der Waals surface area contributed by atoms with E-state index in [4.69, 9.17) is 9.29 Å². The Kier molecular flexibility index (Phi) is 13.6. The van der Waals surface area contributed by atoms with E-state index in [1.54, 1.807) is 0 Å². The summed E-state index contributed by atoms with van der Waals surface area (Å²) in [4.78, 5) is -2.07. The van der Waals surface area contributed by atoms with Crippen LogP contribution in [0.3, 0.4) is 0 Å². The molecule has 0 heterocycles. The van der Waals surface area contributed by atoms with Gasteiger partial charge in [-0.15, -0.1) is 0 Å². The van der Waals surface area contributed by atoms with Gasteiger partial charge in [-0.2, -0.15) is 17.2 Å². The fourth-order valence-corrected chi connectivity index (χ4v) is 3.34. The van der Waals surface area contributed by atoms with Crippen LogP contribution in [-0.4, -0.2) is 49.1 Å². The SMILES string of the molecule is CCCCCCCCCCCCOc1c(F)c(F)c(S(=O)(=O)O)c(F)c1F.[NaH]. The van der Waals surface area contributed by atoms with Gasteiger partial charge in [-0.25, -0.2) is 8.78 Å². The Labute approximate surface area is 186 Å². The first-order chi connectivity index (χ1) is 12.7. The first-order valence-corrected chi connectivity index (χ1v) is 10.6. The summed E-state index contributed by atoms with van der Waals surface area (Å²) < 4.78 is 89.9. The Bertz CT molecular complexity index is 685. The molecule has 28 heavy (non-hydrogen) atoms. The van der Waals surface area contributed by atoms with Crippen LogP contribution in [0.2, 0.25) is 0 Å². The number of benzene rings is 1. The summed E-state index contributed by atoms with van der Waals surface area (Å²) in [7, 11) is -5.46. The normalized spacial score (nSPS) is 11.4. The van der Waals surface area contributed by atoms with Crippen molar-refractivity contribution in [1.82, 2.24) is 0 Å². The molecule has 0 radical (unpaired) electrons. The molecule has 10 heteroatoms. The van der Waals surface area contributed by atoms with E-state index in [-0.39, 0.29) is 36.2 Å². The molecule has 1 aromatic carbocycles. The standard InChI is InChI=1S/C18H26F4O4S.Na.H/c1-2-3-4-5-6-7-8-9-10-11-12-26-17-13(19)15(21)18(27(23,24)25)16(22)14(17)20;;/h2-12H2,1H3,(H,23,24,25);;. The predicted octanol–water partition coefficient (Wildman–Crippen LogP) is 5.14. The van der Waals surface area contributed by atoms with Crippen LogP contribution in [0.15, 0.2) is 4.90 Å². The summed E-state index contributed by atoms with van der Waals surface area (Å²) in [6.07, 6.45) is 10.3. The van der Waals surface area contributed by atoms with Crippen LogP contribution in [0.4, 0.5) is 17.6 Å². The molecule has 0 aromatic heterocycles. The van der Waals surface area contributed by atoms with Gasteiger partial charge in [-0.3, -0.25) is 4.55 Å². The van der Waals surface area contributed by atoms with Gasteiger partial charge in [0.05, 0.1) is 6.61 Å². The second kappa shape index (κ2) is 13.8. The Morgan fingerprint density at radius 2 is 1.14 bits per heavy atom. The van der Waals surface area contributed by atoms with E-state index in [1.165, 1.54) is 32.1 Å². The van der Waals surface area contributed by atoms with Gasteiger partial charge in [-0.1, -0.05) is 64.7 Å². The van der Waals surface area contributed by atoms with Gasteiger partial charge in [0.1, 0.15) is 0 Å². The van der Waals surface area contributed by atoms with E-state index in [1.807, 2.05) is 0 Å². The average molecular weight is 438 g/mol. The van der Waals surface area contributed by atoms with Crippen LogP contribution in [0, 0.1) is 23.3 Å². The van der Waals surface area contributed by atoms with E-state index in [9.17, 15) is 26.0 Å². The Morgan fingerprint density at radius 3 is 1.54 bits per heavy atom. The Balaban J connectivity index is 0.00000729. The number of hydrogen-bond donors (Lipinski definition) is 1. The molecule has 0 aliphatic rings. The summed E-state index contributed by atoms with van der Waals surface area (Å²) in [5.41, 5.74) is 0. The zero-order valence-corrected chi connectivity index (χ0v) is 16.2. The second-order valence-electron chi connectivity index (χ2n) is 6.42. The molecule has 0 atom stereocenters. The van der Waals surface area contributed by atoms with Crippen molar-refractivity contribution in [1.29, 1.82) is 0 Å². The third-order valence-electron chi connectivity index (χ3n) is 4.19. The molecule has 0 bridgehead atoms. The van der Waals surface area contributed by atoms with Crippen LogP contribution in [0.5, 0.6) is 5.75 Å². The van der Waals surface area contributed by atoms with E-state index in [0.29, 0.717) is 6.42 Å². The molecule has 0 saturated heterocycles. The van der Waals surface area contributed by atoms with Crippen molar-refractivity contribution in [2.75, 3.05) is 6.61 Å². The first kappa shape index (κ1) is 27.6. The zero-order chi connectivity index (χ0) is 20.4. The van der Waals surface area contributed by atoms with Crippen LogP contribution < -0.4 is 4.74 Å². The molecule has 0 amide bonds. The number of ether oxygens (including phenoxy) is 1. The van der Waals surface area contributed by atoms with Crippen molar-refractivity contribution in [3.63, 3.8) is 0 Å². The molecule has 1 aromatic rings. The van der Waals surface area contributed by atoms with Gasteiger partial charge in [0.2, 0.25) is 11.6 Å². The third-order valence-corrected chi connectivity index (χ3v) is 5.06. The molecule has 1 rings (SSSR count). The van der Waals surface area contributed by atoms with E-state index < -0.39 is 44.0 Å². The van der Waals surface area contributed by atoms with Crippen molar-refractivity contribution >= 4 is 39.7 Å². The maximum absolute atomic E-state index is 13.8. The van der Waals surface area contributed by atoms with Gasteiger partial charge in [0.25, 0.3) is 0 Å². The van der Waals surface area contributed by atoms with Crippen molar-refractivity contribution in [3.05, 3.63) is 23.3 Å². The molecule has 0 spiro atoms. The summed E-state index contributed by atoms with van der Waals surface area (Å²) >= 11 is 0. The molecule has 4 nitrogen and oxygen atoms in total. The van der Waals surface area contributed by atoms with Crippen molar-refractivity contribution < 1.29 is 35.3 Å². The van der Waals surface area contributed by atoms with Gasteiger partial charge in [0, 0.05) is 0 Å². The summed E-state index contributed by atoms with van der Waals surface area (Å²) in [6, 6.07) is 0. The molecule has 158 valence electrons. The first-order valence-electron chi connectivity index (χ1n) is 9.18. The summed E-state index contributed by atoms with van der Waals surface area (Å²) in [5, 5.41) is 0. The molecule has 1 N–H and O–H groups in total. The molecule has 0 aliphatic heterocycles. The van der Waals surface area contributed by atoms with E-state index in [0.717, 1.165) is 25.7 Å². The zero-order valence-electron chi connectivity index (χ0n) is 15.4. The fourth-order valence-electron chi connectivity index (χ4n) is 2.71. The second-order valence-corrected chi connectivity index (χ2v) is 7.78. The minimum absolute atomic E-state index is 0. The van der Waals surface area contributed by atoms with Crippen LogP contribution in [0.1, 0.15) is 71.1 Å². The van der Waals surface area contributed by atoms with E-state index >= 15 is 0 Å². The molecule has 0 unspecified atom stereocenters.